The molecule has 330 valence electrons. The lowest BCUT2D eigenvalue weighted by Gasteiger charge is -2.34. The van der Waals surface area contributed by atoms with Gasteiger partial charge in [-0.25, -0.2) is 0 Å². The molecule has 2 atom stereocenters. The summed E-state index contributed by atoms with van der Waals surface area (Å²) in [7, 11) is 5.38. The van der Waals surface area contributed by atoms with Crippen molar-refractivity contribution in [3.8, 4) is 0 Å². The van der Waals surface area contributed by atoms with Gasteiger partial charge in [-0.2, -0.15) is 0 Å². The highest BCUT2D eigenvalue weighted by molar-refractivity contribution is 5.70. The second-order valence-corrected chi connectivity index (χ2v) is 16.1. The van der Waals surface area contributed by atoms with E-state index >= 15 is 0 Å². The van der Waals surface area contributed by atoms with Crippen molar-refractivity contribution in [2.45, 2.75) is 174 Å². The van der Waals surface area contributed by atoms with Crippen molar-refractivity contribution in [2.24, 2.45) is 0 Å². The van der Waals surface area contributed by atoms with Crippen molar-refractivity contribution in [1.29, 1.82) is 0 Å². The number of carboxylic acid groups (broad SMARTS) is 1. The topological polar surface area (TPSA) is 102 Å². The van der Waals surface area contributed by atoms with Gasteiger partial charge in [-0.15, -0.1) is 0 Å². The van der Waals surface area contributed by atoms with Crippen LogP contribution in [0.15, 0.2) is 85.1 Å². The SMILES string of the molecule is CCC/C=C/C=C/C=C/C=C/C=C/CCCCCCCC(=O)OCC(COCCC(C(=O)[O-])[N+](C)(C)C)OC(=O)CCCCC/C=C/C=C/CCCCCCCCC. The predicted molar refractivity (Wildman–Crippen MR) is 240 cm³/mol. The molecule has 0 aromatic rings. The molecule has 0 heterocycles. The van der Waals surface area contributed by atoms with Gasteiger partial charge in [0.15, 0.2) is 6.10 Å². The molecule has 58 heavy (non-hydrogen) atoms. The van der Waals surface area contributed by atoms with Gasteiger partial charge in [-0.3, -0.25) is 9.59 Å². The highest BCUT2D eigenvalue weighted by Crippen LogP contribution is 2.12. The van der Waals surface area contributed by atoms with Gasteiger partial charge in [0.25, 0.3) is 0 Å². The fourth-order valence-corrected chi connectivity index (χ4v) is 6.09. The number of allylic oxidation sites excluding steroid dienone is 14. The molecule has 0 bridgehead atoms. The van der Waals surface area contributed by atoms with E-state index < -0.39 is 18.1 Å². The molecule has 0 fully saturated rings. The van der Waals surface area contributed by atoms with Crippen LogP contribution < -0.4 is 5.11 Å². The van der Waals surface area contributed by atoms with E-state index in [1.165, 1.54) is 51.4 Å². The first-order valence-corrected chi connectivity index (χ1v) is 22.7. The first-order chi connectivity index (χ1) is 28.1. The maximum Gasteiger partial charge on any atom is 0.306 e. The molecule has 0 spiro atoms. The summed E-state index contributed by atoms with van der Waals surface area (Å²) >= 11 is 0. The smallest absolute Gasteiger partial charge is 0.306 e. The lowest BCUT2D eigenvalue weighted by Crippen LogP contribution is -2.55. The number of hydrogen-bond acceptors (Lipinski definition) is 7. The van der Waals surface area contributed by atoms with Crippen LogP contribution >= 0.6 is 0 Å². The molecular formula is C50H83NO7. The van der Waals surface area contributed by atoms with Crippen molar-refractivity contribution < 1.29 is 38.2 Å². The van der Waals surface area contributed by atoms with E-state index in [9.17, 15) is 19.5 Å². The Morgan fingerprint density at radius 1 is 0.517 bits per heavy atom. The quantitative estimate of drug-likeness (QED) is 0.0264. The van der Waals surface area contributed by atoms with Gasteiger partial charge in [0.2, 0.25) is 0 Å². The molecule has 0 aromatic carbocycles. The van der Waals surface area contributed by atoms with Crippen LogP contribution in [-0.2, 0) is 28.6 Å². The van der Waals surface area contributed by atoms with Crippen LogP contribution in [0.25, 0.3) is 0 Å². The molecule has 0 saturated heterocycles. The third-order valence-corrected chi connectivity index (χ3v) is 9.64. The van der Waals surface area contributed by atoms with Gasteiger partial charge in [0.05, 0.1) is 40.3 Å². The largest absolute Gasteiger partial charge is 0.544 e. The second kappa shape index (κ2) is 40.3. The molecule has 0 amide bonds. The van der Waals surface area contributed by atoms with E-state index in [0.29, 0.717) is 12.8 Å². The Hall–Kier alpha value is -3.49. The third-order valence-electron chi connectivity index (χ3n) is 9.64. The Morgan fingerprint density at radius 3 is 1.45 bits per heavy atom. The number of quaternary nitrogens is 1. The normalized spacial score (nSPS) is 13.7. The minimum absolute atomic E-state index is 0.0164. The molecule has 2 unspecified atom stereocenters. The van der Waals surface area contributed by atoms with Gasteiger partial charge in [-0.1, -0.05) is 170 Å². The molecule has 0 N–H and O–H groups in total. The zero-order valence-electron chi connectivity index (χ0n) is 37.4. The summed E-state index contributed by atoms with van der Waals surface area (Å²) in [5.41, 5.74) is 0. The van der Waals surface area contributed by atoms with Gasteiger partial charge in [0.1, 0.15) is 12.6 Å². The molecule has 8 nitrogen and oxygen atoms in total. The predicted octanol–water partition coefficient (Wildman–Crippen LogP) is 11.2. The van der Waals surface area contributed by atoms with E-state index in [2.05, 4.69) is 62.5 Å². The Bertz CT molecular complexity index is 1220. The van der Waals surface area contributed by atoms with Crippen molar-refractivity contribution in [3.63, 3.8) is 0 Å². The number of rotatable bonds is 39. The molecule has 0 aromatic heterocycles. The Morgan fingerprint density at radius 2 is 0.948 bits per heavy atom. The average Bonchev–Trinajstić information content (AvgIpc) is 3.18. The minimum Gasteiger partial charge on any atom is -0.544 e. The Balaban J connectivity index is 4.46. The number of nitrogens with zero attached hydrogens (tertiary/aromatic N) is 1. The highest BCUT2D eigenvalue weighted by Gasteiger charge is 2.25. The van der Waals surface area contributed by atoms with Crippen LogP contribution in [0.3, 0.4) is 0 Å². The van der Waals surface area contributed by atoms with E-state index in [-0.39, 0.29) is 49.1 Å². The summed E-state index contributed by atoms with van der Waals surface area (Å²) in [6.07, 6.45) is 51.7. The van der Waals surface area contributed by atoms with Gasteiger partial charge in [0, 0.05) is 19.3 Å². The second-order valence-electron chi connectivity index (χ2n) is 16.1. The number of carboxylic acids is 1. The van der Waals surface area contributed by atoms with E-state index in [0.717, 1.165) is 70.6 Å². The first kappa shape index (κ1) is 54.5. The molecule has 0 aliphatic carbocycles. The third kappa shape index (κ3) is 38.1. The molecule has 0 saturated carbocycles. The zero-order valence-corrected chi connectivity index (χ0v) is 37.4. The molecule has 0 aliphatic rings. The lowest BCUT2D eigenvalue weighted by atomic mass is 10.1. The van der Waals surface area contributed by atoms with E-state index in [1.807, 2.05) is 36.5 Å². The molecular weight excluding hydrogens is 727 g/mol. The standard InChI is InChI=1S/C50H83NO7/c1-6-8-10-12-14-16-18-20-22-24-25-27-28-30-32-34-36-38-40-48(52)57-45-46(44-56-43-42-47(50(54)55)51(3,4)5)58-49(53)41-39-37-35-33-31-29-26-23-21-19-17-15-13-11-9-7-2/h10,12,14,16,18,20,22-27,29,31,46-47H,6-9,11,13,15,17,19,21,28,30,32-45H2,1-5H3/b12-10+,16-14+,20-18+,24-22+,26-23+,27-25+,31-29+. The van der Waals surface area contributed by atoms with Gasteiger partial charge < -0.3 is 28.6 Å². The average molecular weight is 810 g/mol. The van der Waals surface area contributed by atoms with E-state index in [1.54, 1.807) is 21.1 Å². The summed E-state index contributed by atoms with van der Waals surface area (Å²) < 4.78 is 17.1. The van der Waals surface area contributed by atoms with Gasteiger partial charge in [-0.05, 0) is 57.8 Å². The van der Waals surface area contributed by atoms with E-state index in [4.69, 9.17) is 14.2 Å². The summed E-state index contributed by atoms with van der Waals surface area (Å²) in [6, 6.07) is -0.739. The van der Waals surface area contributed by atoms with Crippen molar-refractivity contribution in [2.75, 3.05) is 41.0 Å². The molecule has 0 radical (unpaired) electrons. The van der Waals surface area contributed by atoms with Crippen LogP contribution in [0.4, 0.5) is 0 Å². The van der Waals surface area contributed by atoms with Crippen LogP contribution in [0.1, 0.15) is 162 Å². The monoisotopic (exact) mass is 810 g/mol. The first-order valence-electron chi connectivity index (χ1n) is 22.7. The van der Waals surface area contributed by atoms with Crippen LogP contribution in [0, 0.1) is 0 Å². The highest BCUT2D eigenvalue weighted by atomic mass is 16.6. The molecule has 0 aliphatic heterocycles. The number of likely N-dealkylation sites (N-methyl/N-ethyl adjacent to an activating group) is 1. The number of carbonyl (C=O) groups is 3. The van der Waals surface area contributed by atoms with Crippen molar-refractivity contribution in [1.82, 2.24) is 0 Å². The van der Waals surface area contributed by atoms with Gasteiger partial charge >= 0.3 is 11.9 Å². The maximum atomic E-state index is 12.7. The summed E-state index contributed by atoms with van der Waals surface area (Å²) in [4.78, 5) is 36.9. The fraction of sp³-hybridized carbons (Fsp3) is 0.660. The number of unbranched alkanes of at least 4 members (excludes halogenated alkanes) is 16. The summed E-state index contributed by atoms with van der Waals surface area (Å²) in [5.74, 6) is -1.81. The minimum atomic E-state index is -1.14. The number of carbonyl (C=O) groups excluding carboxylic acids is 3. The van der Waals surface area contributed by atoms with Crippen molar-refractivity contribution in [3.05, 3.63) is 85.1 Å². The fourth-order valence-electron chi connectivity index (χ4n) is 6.09. The van der Waals surface area contributed by atoms with Crippen LogP contribution in [-0.4, -0.2) is 75.5 Å². The number of hydrogen-bond donors (Lipinski definition) is 0. The molecule has 8 heteroatoms. The summed E-state index contributed by atoms with van der Waals surface area (Å²) in [5, 5.41) is 11.6. The Labute approximate surface area is 354 Å². The number of esters is 2. The van der Waals surface area contributed by atoms with Crippen LogP contribution in [0.5, 0.6) is 0 Å². The summed E-state index contributed by atoms with van der Waals surface area (Å²) in [6.45, 7) is 4.50. The molecule has 0 rings (SSSR count). The number of ether oxygens (including phenoxy) is 3. The lowest BCUT2D eigenvalue weighted by molar-refractivity contribution is -0.889. The zero-order chi connectivity index (χ0) is 42.8. The van der Waals surface area contributed by atoms with Crippen LogP contribution in [0.2, 0.25) is 0 Å². The Kier molecular flexibility index (Phi) is 37.9. The van der Waals surface area contributed by atoms with Crippen molar-refractivity contribution >= 4 is 17.9 Å². The number of aliphatic carboxylic acids is 1. The maximum absolute atomic E-state index is 12.7.